The number of likely N-dealkylation sites (tertiary alicyclic amines) is 1. The zero-order valence-corrected chi connectivity index (χ0v) is 16.4. The molecule has 2 saturated heterocycles. The Hall–Kier alpha value is -1.63. The average Bonchev–Trinajstić information content (AvgIpc) is 3.25. The van der Waals surface area contributed by atoms with Crippen LogP contribution < -0.4 is 5.32 Å². The molecule has 2 heterocycles. The van der Waals surface area contributed by atoms with E-state index in [4.69, 9.17) is 27.9 Å². The van der Waals surface area contributed by atoms with Crippen molar-refractivity contribution in [1.29, 1.82) is 0 Å². The molecule has 1 aromatic carbocycles. The van der Waals surface area contributed by atoms with Gasteiger partial charge in [0, 0.05) is 26.2 Å². The zero-order chi connectivity index (χ0) is 19.4. The summed E-state index contributed by atoms with van der Waals surface area (Å²) in [6.45, 7) is 1.62. The molecule has 0 bridgehead atoms. The first kappa shape index (κ1) is 20.1. The lowest BCUT2D eigenvalue weighted by molar-refractivity contribution is -0.143. The highest BCUT2D eigenvalue weighted by Crippen LogP contribution is 2.23. The van der Waals surface area contributed by atoms with Gasteiger partial charge in [0.2, 0.25) is 11.7 Å². The molecule has 2 unspecified atom stereocenters. The Morgan fingerprint density at radius 1 is 1.26 bits per heavy atom. The molecule has 1 aromatic rings. The van der Waals surface area contributed by atoms with E-state index in [-0.39, 0.29) is 12.6 Å². The summed E-state index contributed by atoms with van der Waals surface area (Å²) in [6.07, 6.45) is 3.22. The van der Waals surface area contributed by atoms with Crippen LogP contribution in [0.1, 0.15) is 24.8 Å². The minimum Gasteiger partial charge on any atom is -0.376 e. The molecule has 2 atom stereocenters. The molecule has 8 heteroatoms. The van der Waals surface area contributed by atoms with Gasteiger partial charge in [-0.3, -0.25) is 14.4 Å². The Morgan fingerprint density at radius 3 is 2.78 bits per heavy atom. The number of halogens is 2. The van der Waals surface area contributed by atoms with Gasteiger partial charge in [0.1, 0.15) is 5.92 Å². The lowest BCUT2D eigenvalue weighted by atomic mass is 10.1. The second-order valence-corrected chi connectivity index (χ2v) is 7.72. The van der Waals surface area contributed by atoms with Crippen molar-refractivity contribution in [2.24, 2.45) is 5.92 Å². The molecule has 2 amide bonds. The Balaban J connectivity index is 1.44. The molecule has 0 radical (unpaired) electrons. The number of aryl methyl sites for hydroxylation is 1. The van der Waals surface area contributed by atoms with E-state index in [2.05, 4.69) is 5.32 Å². The quantitative estimate of drug-likeness (QED) is 0.423. The third-order valence-corrected chi connectivity index (χ3v) is 5.65. The Kier molecular flexibility index (Phi) is 6.73. The predicted molar refractivity (Wildman–Crippen MR) is 102 cm³/mol. The topological polar surface area (TPSA) is 75.7 Å². The number of benzene rings is 1. The largest absolute Gasteiger partial charge is 0.376 e. The monoisotopic (exact) mass is 412 g/mol. The van der Waals surface area contributed by atoms with Crippen molar-refractivity contribution in [3.05, 3.63) is 33.8 Å². The number of carbonyl (C=O) groups excluding carboxylic acids is 3. The van der Waals surface area contributed by atoms with Crippen molar-refractivity contribution in [3.8, 4) is 0 Å². The number of amides is 2. The number of hydrogen-bond acceptors (Lipinski definition) is 4. The third-order valence-electron chi connectivity index (χ3n) is 4.91. The van der Waals surface area contributed by atoms with Crippen LogP contribution in [0, 0.1) is 5.92 Å². The van der Waals surface area contributed by atoms with Crippen molar-refractivity contribution < 1.29 is 19.1 Å². The number of rotatable bonds is 7. The fraction of sp³-hybridized carbons (Fsp3) is 0.526. The summed E-state index contributed by atoms with van der Waals surface area (Å²) in [4.78, 5) is 38.0. The van der Waals surface area contributed by atoms with Gasteiger partial charge in [0.05, 0.1) is 16.1 Å². The summed E-state index contributed by atoms with van der Waals surface area (Å²) in [5.74, 6) is -2.53. The maximum absolute atomic E-state index is 12.3. The van der Waals surface area contributed by atoms with E-state index in [0.29, 0.717) is 36.2 Å². The van der Waals surface area contributed by atoms with E-state index in [9.17, 15) is 14.4 Å². The van der Waals surface area contributed by atoms with Crippen LogP contribution in [0.15, 0.2) is 18.2 Å². The molecule has 27 heavy (non-hydrogen) atoms. The highest BCUT2D eigenvalue weighted by atomic mass is 35.5. The van der Waals surface area contributed by atoms with Crippen LogP contribution in [-0.4, -0.2) is 54.8 Å². The van der Waals surface area contributed by atoms with Crippen LogP contribution in [0.2, 0.25) is 10.0 Å². The summed E-state index contributed by atoms with van der Waals surface area (Å²) >= 11 is 11.9. The number of ether oxygens (including phenoxy) is 1. The Morgan fingerprint density at radius 2 is 2.07 bits per heavy atom. The fourth-order valence-corrected chi connectivity index (χ4v) is 3.73. The average molecular weight is 413 g/mol. The van der Waals surface area contributed by atoms with Gasteiger partial charge in [-0.2, -0.15) is 0 Å². The molecule has 6 nitrogen and oxygen atoms in total. The fourth-order valence-electron chi connectivity index (χ4n) is 3.41. The van der Waals surface area contributed by atoms with Gasteiger partial charge in [0.25, 0.3) is 5.91 Å². The van der Waals surface area contributed by atoms with Crippen molar-refractivity contribution in [2.75, 3.05) is 26.2 Å². The molecule has 3 rings (SSSR count). The van der Waals surface area contributed by atoms with Gasteiger partial charge >= 0.3 is 0 Å². The van der Waals surface area contributed by atoms with Crippen LogP contribution in [0.3, 0.4) is 0 Å². The van der Waals surface area contributed by atoms with Gasteiger partial charge in [0.15, 0.2) is 0 Å². The van der Waals surface area contributed by atoms with Crippen LogP contribution >= 0.6 is 23.2 Å². The second-order valence-electron chi connectivity index (χ2n) is 6.91. The molecule has 0 aliphatic carbocycles. The van der Waals surface area contributed by atoms with E-state index in [1.165, 1.54) is 4.90 Å². The van der Waals surface area contributed by atoms with Crippen LogP contribution in [0.25, 0.3) is 0 Å². The number of nitrogens with zero attached hydrogens (tertiary/aromatic N) is 1. The molecular weight excluding hydrogens is 391 g/mol. The molecule has 146 valence electrons. The first-order chi connectivity index (χ1) is 13.0. The van der Waals surface area contributed by atoms with E-state index in [1.807, 2.05) is 6.07 Å². The third kappa shape index (κ3) is 5.00. The van der Waals surface area contributed by atoms with Gasteiger partial charge < -0.3 is 15.0 Å². The number of Topliss-reactive ketones (excluding diaryl/α,β-unsaturated/α-hetero) is 1. The molecular formula is C19H22Cl2N2O4. The first-order valence-electron chi connectivity index (χ1n) is 9.12. The van der Waals surface area contributed by atoms with Crippen molar-refractivity contribution in [1.82, 2.24) is 10.2 Å². The molecule has 1 N–H and O–H groups in total. The van der Waals surface area contributed by atoms with Gasteiger partial charge in [-0.05, 0) is 43.4 Å². The minimum atomic E-state index is -0.927. The maximum atomic E-state index is 12.3. The van der Waals surface area contributed by atoms with Gasteiger partial charge in [-0.25, -0.2) is 0 Å². The van der Waals surface area contributed by atoms with Crippen LogP contribution in [-0.2, 0) is 25.5 Å². The first-order valence-corrected chi connectivity index (χ1v) is 9.87. The summed E-state index contributed by atoms with van der Waals surface area (Å²) in [7, 11) is 0. The number of nitrogens with one attached hydrogen (secondary N) is 1. The number of hydrogen-bond donors (Lipinski definition) is 1. The predicted octanol–water partition coefficient (Wildman–Crippen LogP) is 2.25. The van der Waals surface area contributed by atoms with Crippen molar-refractivity contribution >= 4 is 40.8 Å². The van der Waals surface area contributed by atoms with Gasteiger partial charge in [-0.15, -0.1) is 0 Å². The summed E-state index contributed by atoms with van der Waals surface area (Å²) in [5.41, 5.74) is 1.02. The van der Waals surface area contributed by atoms with E-state index >= 15 is 0 Å². The normalized spacial score (nSPS) is 22.5. The summed E-state index contributed by atoms with van der Waals surface area (Å²) in [6, 6.07) is 5.43. The molecule has 0 saturated carbocycles. The van der Waals surface area contributed by atoms with Gasteiger partial charge in [-0.1, -0.05) is 29.3 Å². The number of carbonyl (C=O) groups is 3. The van der Waals surface area contributed by atoms with E-state index in [0.717, 1.165) is 24.8 Å². The highest BCUT2D eigenvalue weighted by molar-refractivity contribution is 6.42. The van der Waals surface area contributed by atoms with Crippen LogP contribution in [0.4, 0.5) is 0 Å². The van der Waals surface area contributed by atoms with Crippen molar-refractivity contribution in [2.45, 2.75) is 31.8 Å². The zero-order valence-electron chi connectivity index (χ0n) is 14.9. The highest BCUT2D eigenvalue weighted by Gasteiger charge is 2.43. The van der Waals surface area contributed by atoms with Crippen LogP contribution in [0.5, 0.6) is 0 Å². The second kappa shape index (κ2) is 9.04. The SMILES string of the molecule is O=C(NCCCc1ccc(Cl)c(Cl)c1)C1CN(CC2CCCO2)C(=O)C1=O. The Bertz CT molecular complexity index is 734. The van der Waals surface area contributed by atoms with E-state index in [1.54, 1.807) is 12.1 Å². The standard InChI is InChI=1S/C19H22Cl2N2O4/c20-15-6-5-12(9-16(15)21)3-1-7-22-18(25)14-11-23(19(26)17(14)24)10-13-4-2-8-27-13/h5-6,9,13-14H,1-4,7-8,10-11H2,(H,22,25). The smallest absolute Gasteiger partial charge is 0.290 e. The van der Waals surface area contributed by atoms with Crippen molar-refractivity contribution in [3.63, 3.8) is 0 Å². The molecule has 2 aliphatic heterocycles. The minimum absolute atomic E-state index is 0.0326. The van der Waals surface area contributed by atoms with E-state index < -0.39 is 23.5 Å². The Labute approximate surface area is 168 Å². The number of ketones is 1. The lowest BCUT2D eigenvalue weighted by Crippen LogP contribution is -2.36. The molecule has 2 aliphatic rings. The summed E-state index contributed by atoms with van der Waals surface area (Å²) in [5, 5.41) is 3.76. The summed E-state index contributed by atoms with van der Waals surface area (Å²) < 4.78 is 5.51. The lowest BCUT2D eigenvalue weighted by Gasteiger charge is -2.19. The maximum Gasteiger partial charge on any atom is 0.290 e. The molecule has 2 fully saturated rings. The molecule has 0 spiro atoms. The molecule has 0 aromatic heterocycles.